The minimum atomic E-state index is -0.727. The fourth-order valence-electron chi connectivity index (χ4n) is 4.77. The molecule has 1 unspecified atom stereocenters. The zero-order valence-electron chi connectivity index (χ0n) is 23.1. The molecule has 0 aliphatic carbocycles. The van der Waals surface area contributed by atoms with Crippen LogP contribution in [0.3, 0.4) is 0 Å². The second-order valence-corrected chi connectivity index (χ2v) is 10.0. The lowest BCUT2D eigenvalue weighted by Crippen LogP contribution is -2.23. The Hall–Kier alpha value is -4.89. The van der Waals surface area contributed by atoms with Crippen molar-refractivity contribution in [3.05, 3.63) is 119 Å². The quantitative estimate of drug-likeness (QED) is 0.120. The lowest BCUT2D eigenvalue weighted by Gasteiger charge is -2.24. The topological polar surface area (TPSA) is 134 Å². The molecule has 42 heavy (non-hydrogen) atoms. The Morgan fingerprint density at radius 1 is 0.881 bits per heavy atom. The Labute approximate surface area is 244 Å². The van der Waals surface area contributed by atoms with E-state index in [1.807, 2.05) is 66.7 Å². The SMILES string of the molecule is O=C1CC/C=C/CCC(=O)C(Cc2cccc(/C=N/NC(=O)c3cccc(C(=O)NO)c3)c2)C[C@@H](c2ccccc2)O1. The standard InChI is InChI=1S/C33H33N3O6/c37-29-16-6-1-2-7-17-31(38)42-30(25-12-4-3-5-13-25)21-28(29)19-23-10-8-11-24(18-23)22-34-35-32(39)26-14-9-15-27(20-26)33(40)36-41/h1-5,8-15,18,20,22,28,30,41H,6-7,16-17,19,21H2,(H,35,39)(H,36,40)/b2-1+,34-22+/t28?,30-/m0/s1. The molecule has 0 saturated carbocycles. The van der Waals surface area contributed by atoms with Crippen molar-refractivity contribution < 1.29 is 29.1 Å². The van der Waals surface area contributed by atoms with E-state index in [9.17, 15) is 19.2 Å². The first-order valence-electron chi connectivity index (χ1n) is 13.8. The number of hydrogen-bond acceptors (Lipinski definition) is 7. The van der Waals surface area contributed by atoms with Crippen LogP contribution in [0.25, 0.3) is 0 Å². The molecule has 3 aromatic rings. The number of carbonyl (C=O) groups excluding carboxylic acids is 4. The number of ether oxygens (including phenoxy) is 1. The molecule has 216 valence electrons. The summed E-state index contributed by atoms with van der Waals surface area (Å²) in [6, 6.07) is 22.9. The lowest BCUT2D eigenvalue weighted by atomic mass is 9.86. The maximum Gasteiger partial charge on any atom is 0.306 e. The van der Waals surface area contributed by atoms with Gasteiger partial charge in [0, 0.05) is 29.9 Å². The highest BCUT2D eigenvalue weighted by Crippen LogP contribution is 2.30. The fourth-order valence-corrected chi connectivity index (χ4v) is 4.77. The van der Waals surface area contributed by atoms with Crippen LogP contribution < -0.4 is 10.9 Å². The van der Waals surface area contributed by atoms with Crippen LogP contribution in [-0.4, -0.2) is 35.0 Å². The van der Waals surface area contributed by atoms with Gasteiger partial charge >= 0.3 is 5.97 Å². The summed E-state index contributed by atoms with van der Waals surface area (Å²) in [6.07, 6.45) is 7.57. The second-order valence-electron chi connectivity index (χ2n) is 10.0. The van der Waals surface area contributed by atoms with Crippen molar-refractivity contribution in [2.45, 2.75) is 44.6 Å². The van der Waals surface area contributed by atoms with Crippen molar-refractivity contribution in [2.75, 3.05) is 0 Å². The van der Waals surface area contributed by atoms with Gasteiger partial charge in [-0.15, -0.1) is 0 Å². The van der Waals surface area contributed by atoms with E-state index >= 15 is 0 Å². The van der Waals surface area contributed by atoms with Gasteiger partial charge in [-0.05, 0) is 60.6 Å². The third-order valence-electron chi connectivity index (χ3n) is 6.94. The molecule has 1 heterocycles. The number of hydrazone groups is 1. The van der Waals surface area contributed by atoms with Crippen LogP contribution in [0.1, 0.15) is 75.6 Å². The Morgan fingerprint density at radius 2 is 1.60 bits per heavy atom. The van der Waals surface area contributed by atoms with Gasteiger partial charge < -0.3 is 4.74 Å². The van der Waals surface area contributed by atoms with Crippen molar-refractivity contribution in [2.24, 2.45) is 11.0 Å². The summed E-state index contributed by atoms with van der Waals surface area (Å²) in [6.45, 7) is 0. The molecule has 0 spiro atoms. The second kappa shape index (κ2) is 15.2. The zero-order chi connectivity index (χ0) is 29.7. The Morgan fingerprint density at radius 3 is 2.36 bits per heavy atom. The van der Waals surface area contributed by atoms with E-state index in [-0.39, 0.29) is 28.8 Å². The predicted molar refractivity (Wildman–Crippen MR) is 157 cm³/mol. The maximum atomic E-state index is 13.4. The molecule has 3 aromatic carbocycles. The smallest absolute Gasteiger partial charge is 0.306 e. The van der Waals surface area contributed by atoms with Crippen molar-refractivity contribution in [1.82, 2.24) is 10.9 Å². The number of ketones is 1. The summed E-state index contributed by atoms with van der Waals surface area (Å²) >= 11 is 0. The summed E-state index contributed by atoms with van der Waals surface area (Å²) in [5.74, 6) is -1.80. The number of cyclic esters (lactones) is 1. The van der Waals surface area contributed by atoms with Gasteiger partial charge in [-0.25, -0.2) is 10.9 Å². The number of nitrogens with one attached hydrogen (secondary N) is 2. The predicted octanol–water partition coefficient (Wildman–Crippen LogP) is 5.10. The average molecular weight is 568 g/mol. The first-order valence-corrected chi connectivity index (χ1v) is 13.8. The molecule has 3 N–H and O–H groups in total. The Kier molecular flexibility index (Phi) is 10.9. The molecule has 9 nitrogen and oxygen atoms in total. The molecule has 0 fully saturated rings. The average Bonchev–Trinajstić information content (AvgIpc) is 3.01. The Balaban J connectivity index is 1.48. The highest BCUT2D eigenvalue weighted by molar-refractivity contribution is 5.99. The molecular formula is C33H33N3O6. The van der Waals surface area contributed by atoms with Crippen LogP contribution in [0.15, 0.2) is 96.1 Å². The first-order chi connectivity index (χ1) is 20.4. The monoisotopic (exact) mass is 567 g/mol. The largest absolute Gasteiger partial charge is 0.457 e. The van der Waals surface area contributed by atoms with Gasteiger partial charge in [0.15, 0.2) is 0 Å². The minimum absolute atomic E-state index is 0.112. The number of Topliss-reactive ketones (excluding diaryl/α,β-unsaturated/α-hetero) is 1. The summed E-state index contributed by atoms with van der Waals surface area (Å²) in [7, 11) is 0. The van der Waals surface area contributed by atoms with Crippen molar-refractivity contribution in [1.29, 1.82) is 0 Å². The maximum absolute atomic E-state index is 13.4. The van der Waals surface area contributed by atoms with E-state index in [1.54, 1.807) is 0 Å². The van der Waals surface area contributed by atoms with Gasteiger partial charge in [-0.2, -0.15) is 5.10 Å². The summed E-state index contributed by atoms with van der Waals surface area (Å²) < 4.78 is 5.87. The Bertz CT molecular complexity index is 1470. The van der Waals surface area contributed by atoms with E-state index in [2.05, 4.69) is 10.5 Å². The number of hydroxylamine groups is 1. The molecule has 2 atom stereocenters. The number of nitrogens with zero attached hydrogens (tertiary/aromatic N) is 1. The van der Waals surface area contributed by atoms with Crippen LogP contribution in [0, 0.1) is 5.92 Å². The van der Waals surface area contributed by atoms with Crippen LogP contribution in [0.5, 0.6) is 0 Å². The van der Waals surface area contributed by atoms with E-state index in [0.29, 0.717) is 38.5 Å². The molecule has 0 radical (unpaired) electrons. The van der Waals surface area contributed by atoms with Crippen molar-refractivity contribution in [3.8, 4) is 0 Å². The highest BCUT2D eigenvalue weighted by Gasteiger charge is 2.27. The van der Waals surface area contributed by atoms with E-state index in [4.69, 9.17) is 9.94 Å². The van der Waals surface area contributed by atoms with Crippen LogP contribution in [0.4, 0.5) is 0 Å². The summed E-state index contributed by atoms with van der Waals surface area (Å²) in [5, 5.41) is 12.8. The van der Waals surface area contributed by atoms with E-state index < -0.39 is 17.9 Å². The number of rotatable bonds is 7. The molecule has 0 bridgehead atoms. The summed E-state index contributed by atoms with van der Waals surface area (Å²) in [4.78, 5) is 50.0. The number of amides is 2. The van der Waals surface area contributed by atoms with Crippen LogP contribution >= 0.6 is 0 Å². The minimum Gasteiger partial charge on any atom is -0.457 e. The number of carbonyl (C=O) groups is 4. The van der Waals surface area contributed by atoms with Gasteiger partial charge in [0.2, 0.25) is 0 Å². The third-order valence-corrected chi connectivity index (χ3v) is 6.94. The molecular weight excluding hydrogens is 534 g/mol. The molecule has 1 aliphatic rings. The molecule has 0 saturated heterocycles. The first kappa shape index (κ1) is 30.1. The molecule has 2 amide bonds. The van der Waals surface area contributed by atoms with Crippen LogP contribution in [-0.2, 0) is 20.7 Å². The highest BCUT2D eigenvalue weighted by atomic mass is 16.5. The number of benzene rings is 3. The van der Waals surface area contributed by atoms with Gasteiger partial charge in [-0.1, -0.05) is 72.8 Å². The molecule has 4 rings (SSSR count). The van der Waals surface area contributed by atoms with Gasteiger partial charge in [-0.3, -0.25) is 24.4 Å². The van der Waals surface area contributed by atoms with Gasteiger partial charge in [0.1, 0.15) is 11.9 Å². The summed E-state index contributed by atoms with van der Waals surface area (Å²) in [5.41, 5.74) is 6.78. The zero-order valence-corrected chi connectivity index (χ0v) is 23.1. The van der Waals surface area contributed by atoms with Crippen molar-refractivity contribution >= 4 is 29.8 Å². The van der Waals surface area contributed by atoms with Gasteiger partial charge in [0.05, 0.1) is 6.21 Å². The number of hydrogen-bond donors (Lipinski definition) is 3. The van der Waals surface area contributed by atoms with Crippen LogP contribution in [0.2, 0.25) is 0 Å². The third kappa shape index (κ3) is 8.81. The molecule has 0 aromatic heterocycles. The number of allylic oxidation sites excluding steroid dienone is 2. The normalized spacial score (nSPS) is 18.8. The lowest BCUT2D eigenvalue weighted by molar-refractivity contribution is -0.151. The van der Waals surface area contributed by atoms with E-state index in [0.717, 1.165) is 16.7 Å². The molecule has 9 heteroatoms. The number of esters is 1. The van der Waals surface area contributed by atoms with E-state index in [1.165, 1.54) is 36.0 Å². The molecule has 1 aliphatic heterocycles. The van der Waals surface area contributed by atoms with Crippen molar-refractivity contribution in [3.63, 3.8) is 0 Å². The van der Waals surface area contributed by atoms with Gasteiger partial charge in [0.25, 0.3) is 11.8 Å². The fraction of sp³-hybridized carbons (Fsp3) is 0.242.